The minimum atomic E-state index is -0.647. The van der Waals surface area contributed by atoms with Crippen LogP contribution in [0.3, 0.4) is 0 Å². The molecule has 4 aliphatic carbocycles. The number of carbonyl (C=O) groups is 3. The lowest BCUT2D eigenvalue weighted by molar-refractivity contribution is -0.150. The Hall–Kier alpha value is -1.43. The molecule has 2 saturated heterocycles. The van der Waals surface area contributed by atoms with Crippen molar-refractivity contribution in [2.24, 2.45) is 17.8 Å². The van der Waals surface area contributed by atoms with Crippen LogP contribution >= 0.6 is 0 Å². The second-order valence-electron chi connectivity index (χ2n) is 8.62. The van der Waals surface area contributed by atoms with Gasteiger partial charge in [-0.05, 0) is 69.1 Å². The Balaban J connectivity index is 1.42. The first-order chi connectivity index (χ1) is 11.6. The number of imide groups is 2. The fraction of sp³-hybridized carbons (Fsp3) is 0.833. The van der Waals surface area contributed by atoms with Gasteiger partial charge in [-0.25, -0.2) is 9.69 Å². The van der Waals surface area contributed by atoms with E-state index in [9.17, 15) is 14.4 Å². The Kier molecular flexibility index (Phi) is 3.12. The third-order valence-corrected chi connectivity index (χ3v) is 6.94. The monoisotopic (exact) mass is 332 g/mol. The van der Waals surface area contributed by atoms with Crippen molar-refractivity contribution in [3.8, 4) is 0 Å². The van der Waals surface area contributed by atoms with E-state index in [1.165, 1.54) is 24.2 Å². The van der Waals surface area contributed by atoms with Crippen LogP contribution in [0.15, 0.2) is 0 Å². The van der Waals surface area contributed by atoms with Crippen molar-refractivity contribution < 1.29 is 19.1 Å². The van der Waals surface area contributed by atoms with Gasteiger partial charge in [0.05, 0.1) is 18.2 Å². The van der Waals surface area contributed by atoms with Crippen LogP contribution in [0.5, 0.6) is 0 Å². The van der Waals surface area contributed by atoms with Gasteiger partial charge >= 0.3 is 17.8 Å². The molecule has 0 aromatic carbocycles. The Morgan fingerprint density at radius 3 is 2.12 bits per heavy atom. The molecular weight excluding hydrogens is 308 g/mol. The molecule has 0 aromatic rings. The van der Waals surface area contributed by atoms with Gasteiger partial charge in [-0.15, -0.1) is 0 Å². The molecule has 2 aliphatic heterocycles. The third-order valence-electron chi connectivity index (χ3n) is 6.94. The molecule has 0 radical (unpaired) electrons. The minimum absolute atomic E-state index is 0.109. The van der Waals surface area contributed by atoms with Crippen molar-refractivity contribution in [3.05, 3.63) is 0 Å². The smallest absolute Gasteiger partial charge is 0.334 e. The fourth-order valence-corrected chi connectivity index (χ4v) is 6.42. The number of hydrogen-bond acceptors (Lipinski definition) is 4. The molecule has 0 aromatic heterocycles. The van der Waals surface area contributed by atoms with Crippen LogP contribution in [0.25, 0.3) is 0 Å². The molecule has 0 unspecified atom stereocenters. The number of hydrogen-bond donors (Lipinski definition) is 0. The lowest BCUT2D eigenvalue weighted by Crippen LogP contribution is -2.62. The highest BCUT2D eigenvalue weighted by molar-refractivity contribution is 6.44. The maximum absolute atomic E-state index is 13.0. The number of nitrogens with zero attached hydrogens (tertiary/aromatic N) is 2. The molecule has 4 bridgehead atoms. The van der Waals surface area contributed by atoms with E-state index >= 15 is 0 Å². The molecule has 6 fully saturated rings. The Morgan fingerprint density at radius 2 is 1.58 bits per heavy atom. The van der Waals surface area contributed by atoms with Crippen molar-refractivity contribution >= 4 is 17.8 Å². The van der Waals surface area contributed by atoms with Gasteiger partial charge in [-0.2, -0.15) is 0 Å². The predicted octanol–water partition coefficient (Wildman–Crippen LogP) is 1.92. The molecule has 6 aliphatic rings. The van der Waals surface area contributed by atoms with Gasteiger partial charge in [0.15, 0.2) is 0 Å². The standard InChI is InChI=1S/C18H24N2O4/c21-15-16(22)20(17(23)19(15)10-14-2-1-3-24-14)18-7-11-4-12(8-18)6-13(5-11)9-18/h11-14H,1-10H2/t11?,12?,13?,14-,18?/m0/s1. The largest absolute Gasteiger partial charge is 0.376 e. The quantitative estimate of drug-likeness (QED) is 0.585. The Labute approximate surface area is 141 Å². The maximum atomic E-state index is 13.0. The number of ether oxygens (including phenoxy) is 1. The van der Waals surface area contributed by atoms with Crippen molar-refractivity contribution in [1.82, 2.24) is 9.80 Å². The molecule has 1 atom stereocenters. The van der Waals surface area contributed by atoms with Crippen LogP contribution in [-0.2, 0) is 14.3 Å². The van der Waals surface area contributed by atoms with Crippen molar-refractivity contribution in [2.45, 2.75) is 63.0 Å². The molecule has 0 spiro atoms. The number of amides is 4. The summed E-state index contributed by atoms with van der Waals surface area (Å²) in [6.45, 7) is 0.903. The summed E-state index contributed by atoms with van der Waals surface area (Å²) in [7, 11) is 0. The van der Waals surface area contributed by atoms with E-state index in [1.807, 2.05) is 0 Å². The van der Waals surface area contributed by atoms with E-state index in [4.69, 9.17) is 4.74 Å². The van der Waals surface area contributed by atoms with E-state index in [-0.39, 0.29) is 24.2 Å². The molecule has 24 heavy (non-hydrogen) atoms. The van der Waals surface area contributed by atoms with Crippen LogP contribution < -0.4 is 0 Å². The van der Waals surface area contributed by atoms with E-state index in [0.29, 0.717) is 24.4 Å². The van der Waals surface area contributed by atoms with Crippen LogP contribution in [-0.4, -0.2) is 52.4 Å². The fourth-order valence-electron chi connectivity index (χ4n) is 6.42. The van der Waals surface area contributed by atoms with Gasteiger partial charge in [-0.1, -0.05) is 0 Å². The summed E-state index contributed by atoms with van der Waals surface area (Å²) < 4.78 is 5.56. The average Bonchev–Trinajstić information content (AvgIpc) is 3.09. The first kappa shape index (κ1) is 14.9. The molecule has 6 heteroatoms. The topological polar surface area (TPSA) is 66.9 Å². The highest BCUT2D eigenvalue weighted by Gasteiger charge is 2.61. The van der Waals surface area contributed by atoms with Gasteiger partial charge in [0.2, 0.25) is 0 Å². The molecular formula is C18H24N2O4. The maximum Gasteiger partial charge on any atom is 0.334 e. The van der Waals surface area contributed by atoms with Crippen LogP contribution in [0.4, 0.5) is 4.79 Å². The summed E-state index contributed by atoms with van der Waals surface area (Å²) in [5.41, 5.74) is -0.385. The van der Waals surface area contributed by atoms with Crippen molar-refractivity contribution in [2.75, 3.05) is 13.2 Å². The average molecular weight is 332 g/mol. The van der Waals surface area contributed by atoms with Gasteiger partial charge < -0.3 is 4.74 Å². The summed E-state index contributed by atoms with van der Waals surface area (Å²) in [5.74, 6) is 0.628. The van der Waals surface area contributed by atoms with Gasteiger partial charge in [-0.3, -0.25) is 14.5 Å². The van der Waals surface area contributed by atoms with E-state index < -0.39 is 11.8 Å². The predicted molar refractivity (Wildman–Crippen MR) is 83.8 cm³/mol. The molecule has 6 rings (SSSR count). The highest BCUT2D eigenvalue weighted by Crippen LogP contribution is 2.58. The molecule has 2 heterocycles. The number of rotatable bonds is 3. The van der Waals surface area contributed by atoms with Gasteiger partial charge in [0.1, 0.15) is 0 Å². The zero-order chi connectivity index (χ0) is 16.5. The van der Waals surface area contributed by atoms with Crippen molar-refractivity contribution in [3.63, 3.8) is 0 Å². The highest BCUT2D eigenvalue weighted by atomic mass is 16.5. The Morgan fingerprint density at radius 1 is 0.958 bits per heavy atom. The first-order valence-corrected chi connectivity index (χ1v) is 9.37. The van der Waals surface area contributed by atoms with E-state index in [1.54, 1.807) is 0 Å². The molecule has 6 nitrogen and oxygen atoms in total. The lowest BCUT2D eigenvalue weighted by Gasteiger charge is -2.58. The summed E-state index contributed by atoms with van der Waals surface area (Å²) in [6, 6.07) is -0.387. The summed E-state index contributed by atoms with van der Waals surface area (Å²) >= 11 is 0. The number of carbonyl (C=O) groups excluding carboxylic acids is 3. The van der Waals surface area contributed by atoms with Crippen LogP contribution in [0, 0.1) is 17.8 Å². The van der Waals surface area contributed by atoms with E-state index in [0.717, 1.165) is 37.0 Å². The third kappa shape index (κ3) is 2.01. The second-order valence-corrected chi connectivity index (χ2v) is 8.62. The van der Waals surface area contributed by atoms with Gasteiger partial charge in [0, 0.05) is 6.61 Å². The van der Waals surface area contributed by atoms with Gasteiger partial charge in [0.25, 0.3) is 0 Å². The molecule has 130 valence electrons. The zero-order valence-corrected chi connectivity index (χ0v) is 13.9. The molecule has 4 saturated carbocycles. The molecule has 0 N–H and O–H groups in total. The minimum Gasteiger partial charge on any atom is -0.376 e. The van der Waals surface area contributed by atoms with Crippen molar-refractivity contribution in [1.29, 1.82) is 0 Å². The van der Waals surface area contributed by atoms with E-state index in [2.05, 4.69) is 0 Å². The molecule has 4 amide bonds. The summed E-state index contributed by atoms with van der Waals surface area (Å²) in [5, 5.41) is 0. The second kappa shape index (κ2) is 5.04. The number of urea groups is 1. The van der Waals surface area contributed by atoms with Crippen LogP contribution in [0.2, 0.25) is 0 Å². The zero-order valence-electron chi connectivity index (χ0n) is 13.9. The van der Waals surface area contributed by atoms with Crippen LogP contribution in [0.1, 0.15) is 51.4 Å². The summed E-state index contributed by atoms with van der Waals surface area (Å²) in [4.78, 5) is 40.7. The SMILES string of the molecule is O=C1C(=O)N(C23CC4CC(CC(C4)C2)C3)C(=O)N1C[C@@H]1CCCO1. The normalized spacial score (nSPS) is 44.2. The summed E-state index contributed by atoms with van der Waals surface area (Å²) in [6.07, 6.45) is 8.11. The Bertz CT molecular complexity index is 575. The lowest BCUT2D eigenvalue weighted by atomic mass is 9.52. The first-order valence-electron chi connectivity index (χ1n) is 9.37.